The maximum Gasteiger partial charge on any atom is 0.0914 e. The molecule has 3 atom stereocenters. The standard InChI is InChI=1S/C16H27N3/c1-13(11-19-10-9-18-14(2)12-19)16(17-3)15-7-5-4-6-8-15/h4-8,13-14,16,18H,3,9-12,17H2,1-2H3/t13-,14-,16+/m0/s1. The Kier molecular flexibility index (Phi) is 5.37. The van der Waals surface area contributed by atoms with Crippen LogP contribution in [-0.4, -0.2) is 37.1 Å². The molecule has 1 fully saturated rings. The predicted octanol–water partition coefficient (Wildman–Crippen LogP) is 1.01. The molecule has 1 aliphatic heterocycles. The van der Waals surface area contributed by atoms with Crippen molar-refractivity contribution in [3.05, 3.63) is 42.9 Å². The van der Waals surface area contributed by atoms with Gasteiger partial charge in [-0.05, 0) is 6.92 Å². The minimum Gasteiger partial charge on any atom is -0.472 e. The van der Waals surface area contributed by atoms with Gasteiger partial charge >= 0.3 is 0 Å². The van der Waals surface area contributed by atoms with Crippen LogP contribution < -0.4 is 10.6 Å². The quantitative estimate of drug-likeness (QED) is 0.775. The number of hydrogen-bond donors (Lipinski definition) is 2. The molecule has 0 aromatic heterocycles. The van der Waals surface area contributed by atoms with Gasteiger partial charge in [-0.3, -0.25) is 0 Å². The van der Waals surface area contributed by atoms with Crippen LogP contribution in [-0.2, 0) is 0 Å². The molecule has 0 bridgehead atoms. The van der Waals surface area contributed by atoms with Crippen molar-refractivity contribution < 1.29 is 5.32 Å². The van der Waals surface area contributed by atoms with Crippen molar-refractivity contribution in [2.24, 2.45) is 5.92 Å². The third-order valence-electron chi connectivity index (χ3n) is 4.05. The van der Waals surface area contributed by atoms with Crippen LogP contribution in [0.25, 0.3) is 0 Å². The first-order chi connectivity index (χ1) is 9.20. The van der Waals surface area contributed by atoms with Gasteiger partial charge in [0.15, 0.2) is 0 Å². The van der Waals surface area contributed by atoms with E-state index in [4.69, 9.17) is 0 Å². The van der Waals surface area contributed by atoms with E-state index in [-0.39, 0.29) is 0 Å². The SMILES string of the molecule is [CH2-][NH2+][C@@H](c1ccccc1)[C@@H](C)CN1CCN[C@@H](C)C1. The van der Waals surface area contributed by atoms with Crippen molar-refractivity contribution in [3.8, 4) is 0 Å². The van der Waals surface area contributed by atoms with Crippen molar-refractivity contribution in [2.75, 3.05) is 26.2 Å². The van der Waals surface area contributed by atoms with Gasteiger partial charge in [-0.2, -0.15) is 7.05 Å². The van der Waals surface area contributed by atoms with Crippen molar-refractivity contribution in [1.29, 1.82) is 0 Å². The van der Waals surface area contributed by atoms with Crippen LogP contribution in [0.3, 0.4) is 0 Å². The summed E-state index contributed by atoms with van der Waals surface area (Å²) in [5.74, 6) is 0.602. The number of nitrogens with one attached hydrogen (secondary N) is 1. The summed E-state index contributed by atoms with van der Waals surface area (Å²) in [5, 5.41) is 5.60. The average Bonchev–Trinajstić information content (AvgIpc) is 2.41. The summed E-state index contributed by atoms with van der Waals surface area (Å²) in [4.78, 5) is 2.57. The van der Waals surface area contributed by atoms with E-state index in [2.05, 4.69) is 66.8 Å². The first kappa shape index (κ1) is 14.5. The van der Waals surface area contributed by atoms with Gasteiger partial charge in [0.1, 0.15) is 0 Å². The molecule has 0 unspecified atom stereocenters. The Morgan fingerprint density at radius 2 is 2.16 bits per heavy atom. The van der Waals surface area contributed by atoms with E-state index in [9.17, 15) is 0 Å². The van der Waals surface area contributed by atoms with Crippen molar-refractivity contribution in [1.82, 2.24) is 10.2 Å². The number of nitrogens with zero attached hydrogens (tertiary/aromatic N) is 1. The van der Waals surface area contributed by atoms with Crippen LogP contribution in [0.1, 0.15) is 25.5 Å². The molecule has 0 amide bonds. The van der Waals surface area contributed by atoms with E-state index >= 15 is 0 Å². The minimum atomic E-state index is 0.450. The summed E-state index contributed by atoms with van der Waals surface area (Å²) < 4.78 is 0. The van der Waals surface area contributed by atoms with E-state index in [0.717, 1.165) is 26.2 Å². The van der Waals surface area contributed by atoms with Crippen LogP contribution in [0.4, 0.5) is 0 Å². The van der Waals surface area contributed by atoms with Crippen LogP contribution >= 0.6 is 0 Å². The molecule has 1 aromatic rings. The number of quaternary nitrogens is 1. The lowest BCUT2D eigenvalue weighted by Gasteiger charge is -2.35. The molecule has 3 nitrogen and oxygen atoms in total. The smallest absolute Gasteiger partial charge is 0.0914 e. The van der Waals surface area contributed by atoms with Gasteiger partial charge in [-0.15, -0.1) is 0 Å². The second kappa shape index (κ2) is 7.04. The van der Waals surface area contributed by atoms with Gasteiger partial charge in [0.25, 0.3) is 0 Å². The van der Waals surface area contributed by atoms with Gasteiger partial charge in [0.05, 0.1) is 6.04 Å². The molecule has 1 aliphatic rings. The molecule has 106 valence electrons. The molecule has 1 heterocycles. The normalized spacial score (nSPS) is 24.1. The van der Waals surface area contributed by atoms with Crippen LogP contribution in [0, 0.1) is 13.0 Å². The number of hydrogen-bond acceptors (Lipinski definition) is 2. The maximum atomic E-state index is 4.04. The number of benzene rings is 1. The largest absolute Gasteiger partial charge is 0.472 e. The van der Waals surface area contributed by atoms with Gasteiger partial charge in [0, 0.05) is 43.7 Å². The molecule has 0 radical (unpaired) electrons. The fourth-order valence-electron chi connectivity index (χ4n) is 3.07. The fraction of sp³-hybridized carbons (Fsp3) is 0.562. The Morgan fingerprint density at radius 3 is 2.79 bits per heavy atom. The van der Waals surface area contributed by atoms with Gasteiger partial charge in [0.2, 0.25) is 0 Å². The lowest BCUT2D eigenvalue weighted by atomic mass is 9.94. The Hall–Kier alpha value is -0.900. The van der Waals surface area contributed by atoms with Crippen LogP contribution in [0.2, 0.25) is 0 Å². The summed E-state index contributed by atoms with van der Waals surface area (Å²) in [6.45, 7) is 9.18. The number of piperazine rings is 1. The molecule has 19 heavy (non-hydrogen) atoms. The molecule has 2 rings (SSSR count). The fourth-order valence-corrected chi connectivity index (χ4v) is 3.07. The van der Waals surface area contributed by atoms with E-state index in [1.54, 1.807) is 0 Å². The Labute approximate surface area is 117 Å². The Bertz CT molecular complexity index is 366. The van der Waals surface area contributed by atoms with Gasteiger partial charge in [-0.25, -0.2) is 0 Å². The molecule has 3 heteroatoms. The van der Waals surface area contributed by atoms with E-state index in [1.807, 2.05) is 0 Å². The summed E-state index contributed by atoms with van der Waals surface area (Å²) in [5.41, 5.74) is 1.38. The molecule has 3 N–H and O–H groups in total. The highest BCUT2D eigenvalue weighted by atomic mass is 15.2. The molecular weight excluding hydrogens is 234 g/mol. The van der Waals surface area contributed by atoms with Crippen LogP contribution in [0.15, 0.2) is 30.3 Å². The Morgan fingerprint density at radius 1 is 1.42 bits per heavy atom. The first-order valence-electron chi connectivity index (χ1n) is 7.34. The van der Waals surface area contributed by atoms with Crippen LogP contribution in [0.5, 0.6) is 0 Å². The predicted molar refractivity (Wildman–Crippen MR) is 79.5 cm³/mol. The molecule has 1 aromatic carbocycles. The second-order valence-electron chi connectivity index (χ2n) is 5.76. The number of nitrogens with two attached hydrogens (primary N) is 1. The summed E-state index contributed by atoms with van der Waals surface area (Å²) >= 11 is 0. The van der Waals surface area contributed by atoms with E-state index in [0.29, 0.717) is 18.0 Å². The summed E-state index contributed by atoms with van der Waals surface area (Å²) in [6.07, 6.45) is 0. The highest BCUT2D eigenvalue weighted by Crippen LogP contribution is 2.19. The van der Waals surface area contributed by atoms with Crippen molar-refractivity contribution >= 4 is 0 Å². The monoisotopic (exact) mass is 261 g/mol. The molecule has 1 saturated heterocycles. The zero-order valence-electron chi connectivity index (χ0n) is 12.2. The lowest BCUT2D eigenvalue weighted by Crippen LogP contribution is -2.80. The highest BCUT2D eigenvalue weighted by Gasteiger charge is 2.23. The van der Waals surface area contributed by atoms with Gasteiger partial charge < -0.3 is 15.5 Å². The zero-order chi connectivity index (χ0) is 13.7. The minimum absolute atomic E-state index is 0.450. The third kappa shape index (κ3) is 4.03. The second-order valence-corrected chi connectivity index (χ2v) is 5.76. The molecular formula is C16H27N3. The Balaban J connectivity index is 1.95. The summed E-state index contributed by atoms with van der Waals surface area (Å²) in [6, 6.07) is 11.8. The maximum absolute atomic E-state index is 4.04. The average molecular weight is 261 g/mol. The van der Waals surface area contributed by atoms with E-state index in [1.165, 1.54) is 5.56 Å². The van der Waals surface area contributed by atoms with Crippen molar-refractivity contribution in [2.45, 2.75) is 25.9 Å². The topological polar surface area (TPSA) is 31.9 Å². The van der Waals surface area contributed by atoms with E-state index < -0.39 is 0 Å². The zero-order valence-corrected chi connectivity index (χ0v) is 12.2. The number of rotatable bonds is 5. The first-order valence-corrected chi connectivity index (χ1v) is 7.34. The van der Waals surface area contributed by atoms with Gasteiger partial charge in [-0.1, -0.05) is 37.3 Å². The summed E-state index contributed by atoms with van der Waals surface area (Å²) in [7, 11) is 4.04. The molecule has 0 aliphatic carbocycles. The highest BCUT2D eigenvalue weighted by molar-refractivity contribution is 5.17. The van der Waals surface area contributed by atoms with Crippen molar-refractivity contribution in [3.63, 3.8) is 0 Å². The lowest BCUT2D eigenvalue weighted by molar-refractivity contribution is -0.648. The third-order valence-corrected chi connectivity index (χ3v) is 4.05. The molecule has 0 saturated carbocycles. The molecule has 0 spiro atoms.